The van der Waals surface area contributed by atoms with Crippen molar-refractivity contribution in [3.8, 4) is 5.88 Å². The third-order valence-electron chi connectivity index (χ3n) is 4.42. The zero-order valence-corrected chi connectivity index (χ0v) is 15.8. The number of alkyl halides is 3. The number of nitrogens with zero attached hydrogens (tertiary/aromatic N) is 3. The molecule has 0 saturated carbocycles. The molecule has 3 N–H and O–H groups in total. The van der Waals surface area contributed by atoms with Crippen molar-refractivity contribution in [1.29, 1.82) is 0 Å². The Balaban J connectivity index is 1.95. The van der Waals surface area contributed by atoms with E-state index in [-0.39, 0.29) is 23.1 Å². The summed E-state index contributed by atoms with van der Waals surface area (Å²) in [6.07, 6.45) is -4.88. The first-order valence-corrected chi connectivity index (χ1v) is 8.54. The van der Waals surface area contributed by atoms with Gasteiger partial charge in [0.25, 0.3) is 5.91 Å². The number of anilines is 1. The molecule has 0 saturated heterocycles. The highest BCUT2D eigenvalue weighted by Crippen LogP contribution is 2.43. The molecule has 0 unspecified atom stereocenters. The number of hydrogen-bond donors (Lipinski definition) is 2. The number of carbonyl (C=O) groups is 1. The van der Waals surface area contributed by atoms with Crippen molar-refractivity contribution in [3.63, 3.8) is 0 Å². The second kappa shape index (κ2) is 7.86. The first-order chi connectivity index (χ1) is 14.0. The number of ether oxygens (including phenoxy) is 2. The summed E-state index contributed by atoms with van der Waals surface area (Å²) in [5.41, 5.74) is 2.88. The number of carbonyl (C=O) groups excluding carboxylic acids is 1. The number of amidine groups is 1. The number of halogens is 4. The van der Waals surface area contributed by atoms with E-state index in [0.29, 0.717) is 0 Å². The molecule has 1 aliphatic heterocycles. The molecule has 0 bridgehead atoms. The Bertz CT molecular complexity index is 981. The van der Waals surface area contributed by atoms with Gasteiger partial charge in [0.15, 0.2) is 6.10 Å². The minimum absolute atomic E-state index is 0.0236. The number of amides is 1. The largest absolute Gasteiger partial charge is 0.480 e. The summed E-state index contributed by atoms with van der Waals surface area (Å²) >= 11 is 0. The van der Waals surface area contributed by atoms with Crippen LogP contribution in [0.15, 0.2) is 35.6 Å². The maximum absolute atomic E-state index is 14.5. The number of nitrogens with one attached hydrogen (secondary N) is 1. The standard InChI is InChI=1S/C18H17F4N5O3/c1-17(16(18(20,21)22)30-8-13(23)27-17)10-5-9(3-4-11(10)19)26-15(28)12-6-25-14(29-2)7-24-12/h3-7,16H,8H2,1-2H3,(H2,23,27)(H,26,28)/t16-,17-/m1/s1. The highest BCUT2D eigenvalue weighted by atomic mass is 19.4. The molecule has 0 fully saturated rings. The lowest BCUT2D eigenvalue weighted by Gasteiger charge is -2.39. The molecular formula is C18H17F4N5O3. The number of methoxy groups -OCH3 is 1. The summed E-state index contributed by atoms with van der Waals surface area (Å²) in [6, 6.07) is 3.16. The lowest BCUT2D eigenvalue weighted by atomic mass is 9.84. The Morgan fingerprint density at radius 2 is 2.07 bits per heavy atom. The van der Waals surface area contributed by atoms with Gasteiger partial charge in [-0.3, -0.25) is 9.79 Å². The first-order valence-electron chi connectivity index (χ1n) is 8.54. The molecule has 0 aliphatic carbocycles. The maximum atomic E-state index is 14.5. The average Bonchev–Trinajstić information content (AvgIpc) is 2.68. The topological polar surface area (TPSA) is 112 Å². The third kappa shape index (κ3) is 4.17. The van der Waals surface area contributed by atoms with Crippen LogP contribution in [0.25, 0.3) is 0 Å². The van der Waals surface area contributed by atoms with E-state index in [1.54, 1.807) is 0 Å². The van der Waals surface area contributed by atoms with Crippen LogP contribution in [0.4, 0.5) is 23.2 Å². The minimum Gasteiger partial charge on any atom is -0.480 e. The van der Waals surface area contributed by atoms with Gasteiger partial charge in [0.1, 0.15) is 29.5 Å². The van der Waals surface area contributed by atoms with E-state index < -0.39 is 41.7 Å². The van der Waals surface area contributed by atoms with Crippen LogP contribution in [0.1, 0.15) is 23.0 Å². The zero-order valence-electron chi connectivity index (χ0n) is 15.8. The summed E-state index contributed by atoms with van der Waals surface area (Å²) in [4.78, 5) is 23.9. The molecule has 160 valence electrons. The molecule has 1 aromatic carbocycles. The summed E-state index contributed by atoms with van der Waals surface area (Å²) in [6.45, 7) is 0.532. The van der Waals surface area contributed by atoms with Crippen LogP contribution in [0.3, 0.4) is 0 Å². The molecule has 2 aromatic rings. The smallest absolute Gasteiger partial charge is 0.417 e. The second-order valence-electron chi connectivity index (χ2n) is 6.58. The number of nitrogens with two attached hydrogens (primary N) is 1. The van der Waals surface area contributed by atoms with Gasteiger partial charge in [-0.25, -0.2) is 14.4 Å². The van der Waals surface area contributed by atoms with Gasteiger partial charge in [0, 0.05) is 11.3 Å². The lowest BCUT2D eigenvalue weighted by molar-refractivity contribution is -0.238. The fourth-order valence-corrected chi connectivity index (χ4v) is 3.06. The molecular weight excluding hydrogens is 410 g/mol. The molecule has 8 nitrogen and oxygen atoms in total. The van der Waals surface area contributed by atoms with Crippen LogP contribution >= 0.6 is 0 Å². The monoisotopic (exact) mass is 427 g/mol. The van der Waals surface area contributed by atoms with Crippen molar-refractivity contribution in [2.75, 3.05) is 19.0 Å². The molecule has 1 aromatic heterocycles. The minimum atomic E-state index is -4.83. The Hall–Kier alpha value is -3.28. The summed E-state index contributed by atoms with van der Waals surface area (Å²) < 4.78 is 64.8. The van der Waals surface area contributed by atoms with Gasteiger partial charge in [0.2, 0.25) is 5.88 Å². The van der Waals surface area contributed by atoms with Crippen LogP contribution in [0, 0.1) is 5.82 Å². The summed E-state index contributed by atoms with van der Waals surface area (Å²) in [5.74, 6) is -1.69. The predicted molar refractivity (Wildman–Crippen MR) is 97.7 cm³/mol. The molecule has 3 rings (SSSR count). The number of rotatable bonds is 4. The van der Waals surface area contributed by atoms with Crippen LogP contribution in [0.5, 0.6) is 5.88 Å². The highest BCUT2D eigenvalue weighted by Gasteiger charge is 2.56. The number of hydrogen-bond acceptors (Lipinski definition) is 7. The summed E-state index contributed by atoms with van der Waals surface area (Å²) in [7, 11) is 1.38. The van der Waals surface area contributed by atoms with E-state index in [4.69, 9.17) is 15.2 Å². The normalized spacial score (nSPS) is 21.7. The van der Waals surface area contributed by atoms with E-state index in [2.05, 4.69) is 20.3 Å². The Labute approximate surface area is 168 Å². The number of aliphatic imine (C=N–C) groups is 1. The van der Waals surface area contributed by atoms with Gasteiger partial charge in [0.05, 0.1) is 19.5 Å². The lowest BCUT2D eigenvalue weighted by Crippen LogP contribution is -2.53. The van der Waals surface area contributed by atoms with E-state index in [1.165, 1.54) is 19.4 Å². The molecule has 2 atom stereocenters. The van der Waals surface area contributed by atoms with Crippen LogP contribution in [0.2, 0.25) is 0 Å². The van der Waals surface area contributed by atoms with E-state index in [0.717, 1.165) is 25.3 Å². The van der Waals surface area contributed by atoms with Crippen molar-refractivity contribution < 1.29 is 31.8 Å². The quantitative estimate of drug-likeness (QED) is 0.725. The van der Waals surface area contributed by atoms with Gasteiger partial charge >= 0.3 is 6.18 Å². The van der Waals surface area contributed by atoms with E-state index in [1.807, 2.05) is 0 Å². The van der Waals surface area contributed by atoms with Crippen molar-refractivity contribution in [1.82, 2.24) is 9.97 Å². The second-order valence-corrected chi connectivity index (χ2v) is 6.58. The average molecular weight is 427 g/mol. The Morgan fingerprint density at radius 1 is 1.33 bits per heavy atom. The van der Waals surface area contributed by atoms with E-state index >= 15 is 0 Å². The van der Waals surface area contributed by atoms with Crippen molar-refractivity contribution in [2.24, 2.45) is 10.7 Å². The van der Waals surface area contributed by atoms with Crippen LogP contribution < -0.4 is 15.8 Å². The Kier molecular flexibility index (Phi) is 5.61. The predicted octanol–water partition coefficient (Wildman–Crippen LogP) is 2.41. The molecule has 30 heavy (non-hydrogen) atoms. The van der Waals surface area contributed by atoms with Crippen molar-refractivity contribution in [3.05, 3.63) is 47.7 Å². The molecule has 12 heteroatoms. The maximum Gasteiger partial charge on any atom is 0.417 e. The van der Waals surface area contributed by atoms with Crippen LogP contribution in [-0.2, 0) is 10.3 Å². The molecule has 1 amide bonds. The first kappa shape index (κ1) is 21.4. The van der Waals surface area contributed by atoms with Crippen molar-refractivity contribution in [2.45, 2.75) is 24.7 Å². The van der Waals surface area contributed by atoms with Gasteiger partial charge in [-0.15, -0.1) is 0 Å². The SMILES string of the molecule is COc1cnc(C(=O)Nc2ccc(F)c([C@@]3(C)N=C(N)CO[C@H]3C(F)(F)F)c2)cn1. The number of aromatic nitrogens is 2. The third-order valence-corrected chi connectivity index (χ3v) is 4.42. The van der Waals surface area contributed by atoms with E-state index in [9.17, 15) is 22.4 Å². The van der Waals surface area contributed by atoms with Gasteiger partial charge in [-0.1, -0.05) is 0 Å². The molecule has 0 spiro atoms. The van der Waals surface area contributed by atoms with Crippen molar-refractivity contribution >= 4 is 17.4 Å². The fraction of sp³-hybridized carbons (Fsp3) is 0.333. The van der Waals surface area contributed by atoms with Gasteiger partial charge < -0.3 is 20.5 Å². The highest BCUT2D eigenvalue weighted by molar-refractivity contribution is 6.02. The molecule has 0 radical (unpaired) electrons. The molecule has 1 aliphatic rings. The zero-order chi connectivity index (χ0) is 22.1. The van der Waals surface area contributed by atoms with Gasteiger partial charge in [-0.05, 0) is 25.1 Å². The van der Waals surface area contributed by atoms with Crippen LogP contribution in [-0.4, -0.2) is 47.7 Å². The fourth-order valence-electron chi connectivity index (χ4n) is 3.06. The van der Waals surface area contributed by atoms with Gasteiger partial charge in [-0.2, -0.15) is 13.2 Å². The Morgan fingerprint density at radius 3 is 2.67 bits per heavy atom. The molecule has 2 heterocycles. The summed E-state index contributed by atoms with van der Waals surface area (Å²) in [5, 5.41) is 2.43. The number of benzene rings is 1.